The fourth-order valence-electron chi connectivity index (χ4n) is 2.93. The first kappa shape index (κ1) is 21.2. The largest absolute Gasteiger partial charge is 0.368 e. The second-order valence-electron chi connectivity index (χ2n) is 5.93. The van der Waals surface area contributed by atoms with E-state index in [9.17, 15) is 0 Å². The van der Waals surface area contributed by atoms with E-state index in [1.807, 2.05) is 31.4 Å². The highest BCUT2D eigenvalue weighted by atomic mass is 127. The number of aryl methyl sites for hydroxylation is 1. The summed E-state index contributed by atoms with van der Waals surface area (Å²) in [4.78, 5) is 14.9. The van der Waals surface area contributed by atoms with Gasteiger partial charge in [0.2, 0.25) is 0 Å². The SMILES string of the molecule is CCc1cnc(CNC(=NC)N2CCN(c3cccc(Cl)c3)CC2)s1.I. The van der Waals surface area contributed by atoms with Crippen LogP contribution in [0, 0.1) is 0 Å². The minimum Gasteiger partial charge on any atom is -0.368 e. The molecule has 1 aromatic heterocycles. The number of rotatable bonds is 4. The van der Waals surface area contributed by atoms with Crippen molar-refractivity contribution in [1.29, 1.82) is 0 Å². The zero-order valence-electron chi connectivity index (χ0n) is 15.1. The van der Waals surface area contributed by atoms with Gasteiger partial charge in [0.25, 0.3) is 0 Å². The first-order chi connectivity index (χ1) is 12.2. The maximum Gasteiger partial charge on any atom is 0.194 e. The fourth-order valence-corrected chi connectivity index (χ4v) is 3.92. The Morgan fingerprint density at radius 3 is 2.69 bits per heavy atom. The molecule has 0 radical (unpaired) electrons. The molecule has 1 aromatic carbocycles. The monoisotopic (exact) mass is 505 g/mol. The smallest absolute Gasteiger partial charge is 0.194 e. The lowest BCUT2D eigenvalue weighted by Gasteiger charge is -2.37. The number of hydrogen-bond acceptors (Lipinski definition) is 4. The van der Waals surface area contributed by atoms with Crippen molar-refractivity contribution in [1.82, 2.24) is 15.2 Å². The maximum absolute atomic E-state index is 6.11. The highest BCUT2D eigenvalue weighted by Crippen LogP contribution is 2.21. The molecule has 0 saturated carbocycles. The lowest BCUT2D eigenvalue weighted by molar-refractivity contribution is 0.372. The van der Waals surface area contributed by atoms with Crippen LogP contribution >= 0.6 is 46.9 Å². The van der Waals surface area contributed by atoms with E-state index in [-0.39, 0.29) is 24.0 Å². The molecule has 0 bridgehead atoms. The number of aliphatic imine (C=N–C) groups is 1. The average molecular weight is 506 g/mol. The first-order valence-electron chi connectivity index (χ1n) is 8.59. The molecule has 2 heterocycles. The van der Waals surface area contributed by atoms with Crippen LogP contribution < -0.4 is 10.2 Å². The first-order valence-corrected chi connectivity index (χ1v) is 9.78. The zero-order valence-corrected chi connectivity index (χ0v) is 19.0. The summed E-state index contributed by atoms with van der Waals surface area (Å²) in [6, 6.07) is 8.05. The number of nitrogens with zero attached hydrogens (tertiary/aromatic N) is 4. The van der Waals surface area contributed by atoms with Crippen LogP contribution in [0.4, 0.5) is 5.69 Å². The summed E-state index contributed by atoms with van der Waals surface area (Å²) in [6.45, 7) is 6.67. The van der Waals surface area contributed by atoms with Crippen molar-refractivity contribution in [2.24, 2.45) is 4.99 Å². The summed E-state index contributed by atoms with van der Waals surface area (Å²) in [5.41, 5.74) is 1.19. The fraction of sp³-hybridized carbons (Fsp3) is 0.444. The van der Waals surface area contributed by atoms with Crippen molar-refractivity contribution >= 4 is 58.6 Å². The Balaban J connectivity index is 0.00000243. The zero-order chi connectivity index (χ0) is 17.6. The molecule has 0 spiro atoms. The molecule has 0 unspecified atom stereocenters. The summed E-state index contributed by atoms with van der Waals surface area (Å²) in [5, 5.41) is 5.33. The van der Waals surface area contributed by atoms with E-state index in [0.717, 1.165) is 55.1 Å². The van der Waals surface area contributed by atoms with Gasteiger partial charge in [0.05, 0.1) is 6.54 Å². The molecule has 5 nitrogen and oxygen atoms in total. The Kier molecular flexibility index (Phi) is 8.43. The number of guanidine groups is 1. The van der Waals surface area contributed by atoms with Gasteiger partial charge >= 0.3 is 0 Å². The van der Waals surface area contributed by atoms with Crippen LogP contribution in [-0.2, 0) is 13.0 Å². The second kappa shape index (κ2) is 10.3. The van der Waals surface area contributed by atoms with Crippen LogP contribution in [0.25, 0.3) is 0 Å². The molecule has 8 heteroatoms. The van der Waals surface area contributed by atoms with Gasteiger partial charge in [-0.25, -0.2) is 4.98 Å². The summed E-state index contributed by atoms with van der Waals surface area (Å²) in [7, 11) is 1.84. The summed E-state index contributed by atoms with van der Waals surface area (Å²) in [5.74, 6) is 0.944. The lowest BCUT2D eigenvalue weighted by atomic mass is 10.2. The standard InChI is InChI=1S/C18H24ClN5S.HI/c1-3-16-12-21-17(25-16)13-22-18(20-2)24-9-7-23(8-10-24)15-6-4-5-14(19)11-15;/h4-6,11-12H,3,7-10,13H2,1-2H3,(H,20,22);1H. The van der Waals surface area contributed by atoms with Gasteiger partial charge in [-0.2, -0.15) is 0 Å². The number of halogens is 2. The third-order valence-electron chi connectivity index (χ3n) is 4.31. The Morgan fingerprint density at radius 1 is 1.31 bits per heavy atom. The van der Waals surface area contributed by atoms with E-state index < -0.39 is 0 Å². The van der Waals surface area contributed by atoms with Gasteiger partial charge in [-0.1, -0.05) is 24.6 Å². The molecule has 142 valence electrons. The van der Waals surface area contributed by atoms with E-state index in [1.165, 1.54) is 10.6 Å². The number of piperazine rings is 1. The van der Waals surface area contributed by atoms with Crippen molar-refractivity contribution in [2.75, 3.05) is 38.1 Å². The number of aromatic nitrogens is 1. The molecule has 1 saturated heterocycles. The summed E-state index contributed by atoms with van der Waals surface area (Å²) < 4.78 is 0. The van der Waals surface area contributed by atoms with E-state index in [2.05, 4.69) is 38.1 Å². The normalized spacial score (nSPS) is 15.0. The number of benzene rings is 1. The molecule has 1 fully saturated rings. The Labute approximate surface area is 181 Å². The highest BCUT2D eigenvalue weighted by molar-refractivity contribution is 14.0. The van der Waals surface area contributed by atoms with Crippen molar-refractivity contribution in [3.8, 4) is 0 Å². The average Bonchev–Trinajstić information content (AvgIpc) is 3.11. The van der Waals surface area contributed by atoms with E-state index in [1.54, 1.807) is 11.3 Å². The molecule has 1 N–H and O–H groups in total. The Bertz CT molecular complexity index is 728. The van der Waals surface area contributed by atoms with Crippen LogP contribution in [0.5, 0.6) is 0 Å². The van der Waals surface area contributed by atoms with Gasteiger partial charge in [0, 0.05) is 55.0 Å². The molecule has 0 aliphatic carbocycles. The van der Waals surface area contributed by atoms with Crippen LogP contribution in [0.3, 0.4) is 0 Å². The summed E-state index contributed by atoms with van der Waals surface area (Å²) >= 11 is 7.87. The molecule has 3 rings (SSSR count). The molecule has 2 aromatic rings. The van der Waals surface area contributed by atoms with Gasteiger partial charge < -0.3 is 15.1 Å². The Morgan fingerprint density at radius 2 is 2.08 bits per heavy atom. The van der Waals surface area contributed by atoms with Gasteiger partial charge in [-0.15, -0.1) is 35.3 Å². The van der Waals surface area contributed by atoms with Gasteiger partial charge in [-0.3, -0.25) is 4.99 Å². The van der Waals surface area contributed by atoms with E-state index in [4.69, 9.17) is 11.6 Å². The number of hydrogen-bond donors (Lipinski definition) is 1. The number of nitrogens with one attached hydrogen (secondary N) is 1. The number of anilines is 1. The summed E-state index contributed by atoms with van der Waals surface area (Å²) in [6.07, 6.45) is 3.01. The molecular weight excluding hydrogens is 481 g/mol. The van der Waals surface area contributed by atoms with Gasteiger partial charge in [0.1, 0.15) is 5.01 Å². The highest BCUT2D eigenvalue weighted by Gasteiger charge is 2.20. The minimum absolute atomic E-state index is 0. The predicted molar refractivity (Wildman–Crippen MR) is 122 cm³/mol. The van der Waals surface area contributed by atoms with Crippen molar-refractivity contribution in [2.45, 2.75) is 19.9 Å². The van der Waals surface area contributed by atoms with Gasteiger partial charge in [0.15, 0.2) is 5.96 Å². The van der Waals surface area contributed by atoms with Crippen LogP contribution in [0.2, 0.25) is 5.02 Å². The maximum atomic E-state index is 6.11. The minimum atomic E-state index is 0. The van der Waals surface area contributed by atoms with Crippen LogP contribution in [0.1, 0.15) is 16.8 Å². The third kappa shape index (κ3) is 5.47. The van der Waals surface area contributed by atoms with Crippen molar-refractivity contribution in [3.05, 3.63) is 45.4 Å². The van der Waals surface area contributed by atoms with E-state index >= 15 is 0 Å². The predicted octanol–water partition coefficient (Wildman–Crippen LogP) is 3.87. The Hall–Kier alpha value is -1.06. The quantitative estimate of drug-likeness (QED) is 0.389. The lowest BCUT2D eigenvalue weighted by Crippen LogP contribution is -2.52. The molecular formula is C18H25ClIN5S. The molecule has 0 amide bonds. The van der Waals surface area contributed by atoms with Crippen LogP contribution in [0.15, 0.2) is 35.5 Å². The third-order valence-corrected chi connectivity index (χ3v) is 5.69. The molecule has 26 heavy (non-hydrogen) atoms. The molecule has 0 atom stereocenters. The number of thiazole rings is 1. The van der Waals surface area contributed by atoms with Gasteiger partial charge in [-0.05, 0) is 24.6 Å². The topological polar surface area (TPSA) is 43.8 Å². The van der Waals surface area contributed by atoms with E-state index in [0.29, 0.717) is 0 Å². The van der Waals surface area contributed by atoms with Crippen LogP contribution in [-0.4, -0.2) is 49.1 Å². The molecule has 1 aliphatic heterocycles. The molecule has 1 aliphatic rings. The second-order valence-corrected chi connectivity index (χ2v) is 7.56. The van der Waals surface area contributed by atoms with Crippen molar-refractivity contribution < 1.29 is 0 Å². The van der Waals surface area contributed by atoms with Crippen molar-refractivity contribution in [3.63, 3.8) is 0 Å².